The van der Waals surface area contributed by atoms with Crippen molar-refractivity contribution in [3.63, 3.8) is 0 Å². The average Bonchev–Trinajstić information content (AvgIpc) is 3.28. The second-order valence-corrected chi connectivity index (χ2v) is 8.78. The van der Waals surface area contributed by atoms with Gasteiger partial charge in [0.05, 0.1) is 18.4 Å². The number of nitrogens with zero attached hydrogens (tertiary/aromatic N) is 5. The molecule has 1 aromatic carbocycles. The highest BCUT2D eigenvalue weighted by Crippen LogP contribution is 2.28. The minimum absolute atomic E-state index is 0.757. The SMILES string of the molecule is C=C(Nc1cc2cc(-c3cnc4n3CCNC4)ccc2cn1)c1ccnc(NCCN(C)C)c1. The minimum Gasteiger partial charge on any atom is -0.369 e. The molecular formula is C26H30N8. The summed E-state index contributed by atoms with van der Waals surface area (Å²) in [6, 6.07) is 12.5. The number of fused-ring (bicyclic) bond motifs is 2. The fourth-order valence-corrected chi connectivity index (χ4v) is 4.14. The van der Waals surface area contributed by atoms with E-state index in [1.165, 1.54) is 0 Å². The average molecular weight is 455 g/mol. The van der Waals surface area contributed by atoms with Crippen LogP contribution in [0.2, 0.25) is 0 Å². The van der Waals surface area contributed by atoms with E-state index in [2.05, 4.69) is 85.3 Å². The Labute approximate surface area is 199 Å². The lowest BCUT2D eigenvalue weighted by Crippen LogP contribution is -2.28. The summed E-state index contributed by atoms with van der Waals surface area (Å²) in [7, 11) is 4.11. The standard InChI is InChI=1S/C26H30N8/c1-18(19-6-7-28-24(13-19)29-9-10-33(2)3)32-25-14-22-12-20(4-5-21(22)15-30-25)23-16-31-26-17-27-8-11-34(23)26/h4-7,12-16,27H,1,8-11,17H2,2-3H3,(H,28,29)(H,30,32). The second kappa shape index (κ2) is 9.62. The van der Waals surface area contributed by atoms with Gasteiger partial charge in [0, 0.05) is 60.8 Å². The van der Waals surface area contributed by atoms with E-state index in [9.17, 15) is 0 Å². The fraction of sp³-hybridized carbons (Fsp3) is 0.269. The van der Waals surface area contributed by atoms with Crippen molar-refractivity contribution in [2.45, 2.75) is 13.1 Å². The zero-order valence-electron chi connectivity index (χ0n) is 19.7. The first-order chi connectivity index (χ1) is 16.6. The number of nitrogens with one attached hydrogen (secondary N) is 3. The van der Waals surface area contributed by atoms with Gasteiger partial charge in [-0.05, 0) is 43.7 Å². The molecule has 0 atom stereocenters. The molecule has 3 N–H and O–H groups in total. The highest BCUT2D eigenvalue weighted by Gasteiger charge is 2.15. The van der Waals surface area contributed by atoms with Crippen molar-refractivity contribution < 1.29 is 0 Å². The van der Waals surface area contributed by atoms with Gasteiger partial charge in [-0.2, -0.15) is 0 Å². The van der Waals surface area contributed by atoms with Crippen LogP contribution in [-0.2, 0) is 13.1 Å². The molecule has 0 bridgehead atoms. The van der Waals surface area contributed by atoms with E-state index in [4.69, 9.17) is 0 Å². The molecule has 4 aromatic rings. The predicted octanol–water partition coefficient (Wildman–Crippen LogP) is 3.65. The van der Waals surface area contributed by atoms with Crippen LogP contribution in [0.1, 0.15) is 11.4 Å². The summed E-state index contributed by atoms with van der Waals surface area (Å²) in [6.07, 6.45) is 5.66. The maximum atomic E-state index is 4.59. The molecule has 0 unspecified atom stereocenters. The molecule has 0 spiro atoms. The van der Waals surface area contributed by atoms with Crippen LogP contribution in [0.3, 0.4) is 0 Å². The molecule has 0 saturated heterocycles. The van der Waals surface area contributed by atoms with Crippen molar-refractivity contribution >= 4 is 28.1 Å². The monoisotopic (exact) mass is 454 g/mol. The maximum Gasteiger partial charge on any atom is 0.130 e. The van der Waals surface area contributed by atoms with Gasteiger partial charge in [-0.25, -0.2) is 15.0 Å². The van der Waals surface area contributed by atoms with E-state index in [1.54, 1.807) is 6.20 Å². The van der Waals surface area contributed by atoms with Crippen LogP contribution < -0.4 is 16.0 Å². The van der Waals surface area contributed by atoms with Gasteiger partial charge in [-0.3, -0.25) is 0 Å². The molecule has 0 fully saturated rings. The number of aromatic nitrogens is 4. The fourth-order valence-electron chi connectivity index (χ4n) is 4.14. The Morgan fingerprint density at radius 2 is 1.97 bits per heavy atom. The number of hydrogen-bond acceptors (Lipinski definition) is 7. The first kappa shape index (κ1) is 22.1. The molecule has 1 aliphatic heterocycles. The van der Waals surface area contributed by atoms with Gasteiger partial charge in [0.2, 0.25) is 0 Å². The summed E-state index contributed by atoms with van der Waals surface area (Å²) in [5, 5.41) is 12.3. The molecule has 34 heavy (non-hydrogen) atoms. The number of rotatable bonds is 8. The zero-order chi connectivity index (χ0) is 23.5. The highest BCUT2D eigenvalue weighted by molar-refractivity contribution is 5.89. The van der Waals surface area contributed by atoms with Crippen LogP contribution in [0.25, 0.3) is 27.7 Å². The molecule has 5 rings (SSSR count). The smallest absolute Gasteiger partial charge is 0.130 e. The molecule has 4 heterocycles. The van der Waals surface area contributed by atoms with Crippen LogP contribution in [0, 0.1) is 0 Å². The summed E-state index contributed by atoms with van der Waals surface area (Å²) < 4.78 is 2.30. The van der Waals surface area contributed by atoms with Crippen molar-refractivity contribution in [2.24, 2.45) is 0 Å². The van der Waals surface area contributed by atoms with Crippen LogP contribution >= 0.6 is 0 Å². The first-order valence-electron chi connectivity index (χ1n) is 11.5. The quantitative estimate of drug-likeness (QED) is 0.375. The first-order valence-corrected chi connectivity index (χ1v) is 11.5. The van der Waals surface area contributed by atoms with E-state index < -0.39 is 0 Å². The third kappa shape index (κ3) is 4.78. The Hall–Kier alpha value is -3.75. The van der Waals surface area contributed by atoms with Crippen LogP contribution in [0.5, 0.6) is 0 Å². The zero-order valence-corrected chi connectivity index (χ0v) is 19.7. The lowest BCUT2D eigenvalue weighted by atomic mass is 10.1. The van der Waals surface area contributed by atoms with E-state index >= 15 is 0 Å². The van der Waals surface area contributed by atoms with Gasteiger partial charge >= 0.3 is 0 Å². The Kier molecular flexibility index (Phi) is 6.24. The Bertz CT molecular complexity index is 1320. The Morgan fingerprint density at radius 3 is 2.85 bits per heavy atom. The number of hydrogen-bond donors (Lipinski definition) is 3. The van der Waals surface area contributed by atoms with Crippen molar-refractivity contribution in [3.8, 4) is 11.3 Å². The van der Waals surface area contributed by atoms with Crippen LogP contribution in [0.15, 0.2) is 61.6 Å². The van der Waals surface area contributed by atoms with Crippen LogP contribution in [0.4, 0.5) is 11.6 Å². The van der Waals surface area contributed by atoms with Gasteiger partial charge in [-0.1, -0.05) is 18.7 Å². The number of pyridine rings is 2. The molecule has 8 nitrogen and oxygen atoms in total. The highest BCUT2D eigenvalue weighted by atomic mass is 15.2. The number of likely N-dealkylation sites (N-methyl/N-ethyl adjacent to an activating group) is 1. The van der Waals surface area contributed by atoms with E-state index in [0.29, 0.717) is 0 Å². The normalized spacial score (nSPS) is 13.1. The molecule has 1 aliphatic rings. The summed E-state index contributed by atoms with van der Waals surface area (Å²) in [6.45, 7) is 8.70. The van der Waals surface area contributed by atoms with Crippen molar-refractivity contribution in [1.29, 1.82) is 0 Å². The second-order valence-electron chi connectivity index (χ2n) is 8.78. The summed E-state index contributed by atoms with van der Waals surface area (Å²) in [4.78, 5) is 15.7. The van der Waals surface area contributed by atoms with E-state index in [-0.39, 0.29) is 0 Å². The molecule has 174 valence electrons. The van der Waals surface area contributed by atoms with Gasteiger partial charge in [-0.15, -0.1) is 0 Å². The van der Waals surface area contributed by atoms with Gasteiger partial charge in [0.15, 0.2) is 0 Å². The largest absolute Gasteiger partial charge is 0.369 e. The Morgan fingerprint density at radius 1 is 1.06 bits per heavy atom. The lowest BCUT2D eigenvalue weighted by Gasteiger charge is -2.18. The molecule has 0 amide bonds. The Balaban J connectivity index is 1.34. The topological polar surface area (TPSA) is 82.9 Å². The van der Waals surface area contributed by atoms with Crippen LogP contribution in [-0.4, -0.2) is 58.1 Å². The molecular weight excluding hydrogens is 424 g/mol. The van der Waals surface area contributed by atoms with Gasteiger partial charge in [0.1, 0.15) is 17.5 Å². The van der Waals surface area contributed by atoms with Crippen molar-refractivity contribution in [1.82, 2.24) is 29.7 Å². The van der Waals surface area contributed by atoms with Crippen molar-refractivity contribution in [3.05, 3.63) is 73.0 Å². The van der Waals surface area contributed by atoms with E-state index in [1.807, 2.05) is 24.5 Å². The molecule has 0 saturated carbocycles. The number of anilines is 2. The van der Waals surface area contributed by atoms with Gasteiger partial charge < -0.3 is 25.4 Å². The summed E-state index contributed by atoms with van der Waals surface area (Å²) in [5.41, 5.74) is 4.06. The molecule has 0 aliphatic carbocycles. The number of imidazole rings is 1. The number of benzene rings is 1. The minimum atomic E-state index is 0.757. The van der Waals surface area contributed by atoms with Crippen molar-refractivity contribution in [2.75, 3.05) is 44.4 Å². The maximum absolute atomic E-state index is 4.59. The summed E-state index contributed by atoms with van der Waals surface area (Å²) in [5.74, 6) is 2.67. The molecule has 0 radical (unpaired) electrons. The summed E-state index contributed by atoms with van der Waals surface area (Å²) >= 11 is 0. The third-order valence-electron chi connectivity index (χ3n) is 6.00. The third-order valence-corrected chi connectivity index (χ3v) is 6.00. The predicted molar refractivity (Wildman–Crippen MR) is 139 cm³/mol. The molecule has 8 heteroatoms. The van der Waals surface area contributed by atoms with E-state index in [0.717, 1.165) is 83.5 Å². The molecule has 3 aromatic heterocycles. The lowest BCUT2D eigenvalue weighted by molar-refractivity contribution is 0.425. The van der Waals surface area contributed by atoms with Gasteiger partial charge in [0.25, 0.3) is 0 Å².